The molecule has 0 bridgehead atoms. The zero-order valence-electron chi connectivity index (χ0n) is 21.1. The van der Waals surface area contributed by atoms with Crippen LogP contribution in [0.4, 0.5) is 4.39 Å². The van der Waals surface area contributed by atoms with Crippen LogP contribution in [-0.4, -0.2) is 23.0 Å². The van der Waals surface area contributed by atoms with Gasteiger partial charge >= 0.3 is 0 Å². The van der Waals surface area contributed by atoms with Crippen LogP contribution in [0.3, 0.4) is 0 Å². The molecule has 3 aromatic rings. The average molecular weight is 635 g/mol. The molecule has 2 N–H and O–H groups in total. The molecule has 2 aliphatic carbocycles. The molecule has 1 aromatic heterocycles. The second kappa shape index (κ2) is 11.4. The minimum atomic E-state index is -0.684. The molecule has 0 aliphatic heterocycles. The van der Waals surface area contributed by atoms with Crippen LogP contribution in [0.1, 0.15) is 61.1 Å². The number of carbonyl (C=O) groups excluding carboxylic acids is 2. The molecule has 5 rings (SSSR count). The maximum absolute atomic E-state index is 15.0. The van der Waals surface area contributed by atoms with Gasteiger partial charge in [0.05, 0.1) is 16.1 Å². The number of nitrogens with one attached hydrogen (secondary N) is 2. The van der Waals surface area contributed by atoms with Gasteiger partial charge in [0.15, 0.2) is 11.5 Å². The van der Waals surface area contributed by atoms with Crippen LogP contribution < -0.4 is 10.6 Å². The summed E-state index contributed by atoms with van der Waals surface area (Å²) >= 11 is 16.1. The molecule has 1 saturated carbocycles. The van der Waals surface area contributed by atoms with Crippen molar-refractivity contribution in [3.05, 3.63) is 86.2 Å². The molecule has 4 atom stereocenters. The number of aromatic nitrogens is 1. The standard InChI is InChI=1S/C29H27BrCl2FN3O3/c1-29(12-2-3-13-29)26(24-21(33)11-10-20(31)25(24)32)35-27(37)17-6-9-19(14-17)34-28(38)22-15-23(39-36-22)16-4-7-18(30)8-5-16/h2,4-5,7-8,10-12,15,17,19,26H,3,6,9,13-14H2,1H3,(H,34,38)(H,35,37)/t17-,19+,26+,29?/m0/s1. The van der Waals surface area contributed by atoms with E-state index in [1.165, 1.54) is 12.1 Å². The quantitative estimate of drug-likeness (QED) is 0.206. The van der Waals surface area contributed by atoms with Crippen molar-refractivity contribution in [1.29, 1.82) is 0 Å². The molecule has 6 nitrogen and oxygen atoms in total. The summed E-state index contributed by atoms with van der Waals surface area (Å²) in [6.45, 7) is 1.98. The van der Waals surface area contributed by atoms with Gasteiger partial charge in [-0.2, -0.15) is 0 Å². The Bertz CT molecular complexity index is 1430. The Labute approximate surface area is 244 Å². The largest absolute Gasteiger partial charge is 0.355 e. The first-order chi connectivity index (χ1) is 18.6. The molecule has 1 heterocycles. The predicted molar refractivity (Wildman–Crippen MR) is 152 cm³/mol. The average Bonchev–Trinajstić information content (AvgIpc) is 3.68. The van der Waals surface area contributed by atoms with Gasteiger partial charge < -0.3 is 15.2 Å². The van der Waals surface area contributed by atoms with E-state index < -0.39 is 17.3 Å². The zero-order chi connectivity index (χ0) is 27.7. The van der Waals surface area contributed by atoms with Crippen molar-refractivity contribution in [2.24, 2.45) is 11.3 Å². The SMILES string of the molecule is CC1([C@H](NC(=O)[C@H]2CC[C@@H](NC(=O)c3cc(-c4ccc(Br)cc4)on3)C2)c2c(F)ccc(Cl)c2Cl)C=CCC1. The van der Waals surface area contributed by atoms with Gasteiger partial charge in [0, 0.05) is 39.0 Å². The van der Waals surface area contributed by atoms with E-state index >= 15 is 4.39 Å². The van der Waals surface area contributed by atoms with Gasteiger partial charge in [-0.1, -0.05) is 75.5 Å². The van der Waals surface area contributed by atoms with Gasteiger partial charge in [-0.05, 0) is 56.4 Å². The highest BCUT2D eigenvalue weighted by molar-refractivity contribution is 9.10. The highest BCUT2D eigenvalue weighted by atomic mass is 79.9. The van der Waals surface area contributed by atoms with Gasteiger partial charge in [-0.25, -0.2) is 4.39 Å². The first kappa shape index (κ1) is 27.9. The zero-order valence-corrected chi connectivity index (χ0v) is 24.2. The molecule has 1 unspecified atom stereocenters. The van der Waals surface area contributed by atoms with Crippen LogP contribution in [0, 0.1) is 17.2 Å². The van der Waals surface area contributed by atoms with Gasteiger partial charge in [0.2, 0.25) is 5.91 Å². The van der Waals surface area contributed by atoms with Crippen LogP contribution in [0.2, 0.25) is 10.0 Å². The van der Waals surface area contributed by atoms with E-state index in [2.05, 4.69) is 31.7 Å². The molecule has 2 aliphatic rings. The van der Waals surface area contributed by atoms with Crippen molar-refractivity contribution < 1.29 is 18.5 Å². The van der Waals surface area contributed by atoms with Crippen LogP contribution >= 0.6 is 39.1 Å². The molecule has 0 saturated heterocycles. The number of hydrogen-bond acceptors (Lipinski definition) is 4. The highest BCUT2D eigenvalue weighted by Gasteiger charge is 2.41. The first-order valence-electron chi connectivity index (χ1n) is 12.8. The van der Waals surface area contributed by atoms with Crippen LogP contribution in [0.5, 0.6) is 0 Å². The lowest BCUT2D eigenvalue weighted by Crippen LogP contribution is -2.41. The number of rotatable bonds is 7. The second-order valence-corrected chi connectivity index (χ2v) is 12.1. The summed E-state index contributed by atoms with van der Waals surface area (Å²) in [6.07, 6.45) is 7.28. The van der Waals surface area contributed by atoms with Gasteiger partial charge in [0.1, 0.15) is 5.82 Å². The summed E-state index contributed by atoms with van der Waals surface area (Å²) in [5.74, 6) is -0.926. The number of benzene rings is 2. The molecule has 0 spiro atoms. The molecule has 2 aromatic carbocycles. The Kier molecular flexibility index (Phi) is 8.17. The van der Waals surface area contributed by atoms with E-state index in [0.717, 1.165) is 22.9 Å². The van der Waals surface area contributed by atoms with Crippen LogP contribution in [-0.2, 0) is 4.79 Å². The monoisotopic (exact) mass is 633 g/mol. The van der Waals surface area contributed by atoms with Gasteiger partial charge in [-0.15, -0.1) is 0 Å². The van der Waals surface area contributed by atoms with Crippen molar-refractivity contribution in [1.82, 2.24) is 15.8 Å². The lowest BCUT2D eigenvalue weighted by atomic mass is 9.77. The maximum Gasteiger partial charge on any atom is 0.273 e. The Balaban J connectivity index is 1.25. The topological polar surface area (TPSA) is 84.2 Å². The Morgan fingerprint density at radius 3 is 2.67 bits per heavy atom. The number of hydrogen-bond donors (Lipinski definition) is 2. The third-order valence-corrected chi connectivity index (χ3v) is 9.02. The van der Waals surface area contributed by atoms with Crippen molar-refractivity contribution in [3.8, 4) is 11.3 Å². The second-order valence-electron chi connectivity index (χ2n) is 10.4. The van der Waals surface area contributed by atoms with E-state index in [4.69, 9.17) is 27.7 Å². The highest BCUT2D eigenvalue weighted by Crippen LogP contribution is 2.47. The number of nitrogens with zero attached hydrogens (tertiary/aromatic N) is 1. The fourth-order valence-corrected chi connectivity index (χ4v) is 6.14. The third-order valence-electron chi connectivity index (χ3n) is 7.67. The lowest BCUT2D eigenvalue weighted by molar-refractivity contribution is -0.126. The summed E-state index contributed by atoms with van der Waals surface area (Å²) in [7, 11) is 0. The Morgan fingerprint density at radius 2 is 1.95 bits per heavy atom. The molecular formula is C29H27BrCl2FN3O3. The van der Waals surface area contributed by atoms with Gasteiger partial charge in [0.25, 0.3) is 5.91 Å². The van der Waals surface area contributed by atoms with E-state index in [-0.39, 0.29) is 45.1 Å². The minimum Gasteiger partial charge on any atom is -0.355 e. The molecule has 1 fully saturated rings. The summed E-state index contributed by atoms with van der Waals surface area (Å²) in [5.41, 5.74) is 0.658. The number of carbonyl (C=O) groups is 2. The number of halogens is 4. The maximum atomic E-state index is 15.0. The fourth-order valence-electron chi connectivity index (χ4n) is 5.45. The molecule has 0 radical (unpaired) electrons. The summed E-state index contributed by atoms with van der Waals surface area (Å²) in [6, 6.07) is 10.9. The summed E-state index contributed by atoms with van der Waals surface area (Å²) < 4.78 is 21.3. The van der Waals surface area contributed by atoms with Crippen LogP contribution in [0.25, 0.3) is 11.3 Å². The van der Waals surface area contributed by atoms with Crippen molar-refractivity contribution in [2.75, 3.05) is 0 Å². The lowest BCUT2D eigenvalue weighted by Gasteiger charge is -2.35. The molecule has 10 heteroatoms. The van der Waals surface area contributed by atoms with Crippen molar-refractivity contribution >= 4 is 50.9 Å². The summed E-state index contributed by atoms with van der Waals surface area (Å²) in [4.78, 5) is 26.3. The number of allylic oxidation sites excluding steroid dienone is 1. The fraction of sp³-hybridized carbons (Fsp3) is 0.345. The van der Waals surface area contributed by atoms with E-state index in [0.29, 0.717) is 25.0 Å². The Hall–Kier alpha value is -2.68. The Morgan fingerprint density at radius 1 is 1.18 bits per heavy atom. The van der Waals surface area contributed by atoms with Crippen molar-refractivity contribution in [2.45, 2.75) is 51.1 Å². The van der Waals surface area contributed by atoms with Gasteiger partial charge in [-0.3, -0.25) is 9.59 Å². The van der Waals surface area contributed by atoms with Crippen molar-refractivity contribution in [3.63, 3.8) is 0 Å². The summed E-state index contributed by atoms with van der Waals surface area (Å²) in [5, 5.41) is 10.3. The number of amides is 2. The first-order valence-corrected chi connectivity index (χ1v) is 14.3. The normalized spacial score (nSPS) is 23.1. The van der Waals surface area contributed by atoms with E-state index in [1.807, 2.05) is 43.3 Å². The van der Waals surface area contributed by atoms with E-state index in [1.54, 1.807) is 6.07 Å². The molecular weight excluding hydrogens is 608 g/mol. The molecule has 204 valence electrons. The predicted octanol–water partition coefficient (Wildman–Crippen LogP) is 7.66. The third kappa shape index (κ3) is 5.93. The minimum absolute atomic E-state index is 0.107. The molecule has 39 heavy (non-hydrogen) atoms. The van der Waals surface area contributed by atoms with Crippen LogP contribution in [0.15, 0.2) is 63.6 Å². The smallest absolute Gasteiger partial charge is 0.273 e. The van der Waals surface area contributed by atoms with E-state index in [9.17, 15) is 9.59 Å². The molecule has 2 amide bonds.